The maximum atomic E-state index is 7.69. The Kier molecular flexibility index (Phi) is 9.14. The lowest BCUT2D eigenvalue weighted by Crippen LogP contribution is -2.36. The van der Waals surface area contributed by atoms with Crippen LogP contribution in [0.1, 0.15) is 22.3 Å². The van der Waals surface area contributed by atoms with E-state index in [1.807, 2.05) is 0 Å². The summed E-state index contributed by atoms with van der Waals surface area (Å²) >= 11 is 0. The first kappa shape index (κ1) is 41.2. The van der Waals surface area contributed by atoms with Gasteiger partial charge in [0.15, 0.2) is 11.2 Å². The molecule has 73 heavy (non-hydrogen) atoms. The standard InChI is InChI=1S/C69H45N3O/c1-5-25-48(26-6-1)70(52-41-42-61-63(45-52)72(51-31-11-4-12-32-51)62-40-22-21-39-60(62)69(61)58-37-19-17-35-55(58)56-36-18-20-38-59(56)69)64-44-47-24-13-15-33-53(47)65-57-43-46-23-14-16-34-54(46)66(67(57)73-68(64)65)71(49-27-7-2-8-28-49)50-29-9-3-10-30-50/h1-45H. The maximum Gasteiger partial charge on any atom is 0.160 e. The van der Waals surface area contributed by atoms with Crippen molar-refractivity contribution in [1.82, 2.24) is 0 Å². The predicted octanol–water partition coefficient (Wildman–Crippen LogP) is 19.0. The number of furan rings is 1. The van der Waals surface area contributed by atoms with E-state index in [0.29, 0.717) is 0 Å². The number of rotatable bonds is 7. The normalized spacial score (nSPS) is 13.0. The van der Waals surface area contributed by atoms with Crippen LogP contribution in [0, 0.1) is 0 Å². The summed E-state index contributed by atoms with van der Waals surface area (Å²) in [5.41, 5.74) is 18.1. The molecule has 0 saturated heterocycles. The van der Waals surface area contributed by atoms with Gasteiger partial charge in [-0.05, 0) is 128 Å². The minimum absolute atomic E-state index is 0.572. The number of nitrogens with zero attached hydrogens (tertiary/aromatic N) is 3. The third kappa shape index (κ3) is 6.01. The molecule has 13 aromatic rings. The third-order valence-electron chi connectivity index (χ3n) is 15.3. The van der Waals surface area contributed by atoms with Gasteiger partial charge in [-0.3, -0.25) is 0 Å². The van der Waals surface area contributed by atoms with Crippen LogP contribution in [0.2, 0.25) is 0 Å². The minimum atomic E-state index is -0.572. The quantitative estimate of drug-likeness (QED) is 0.159. The zero-order valence-corrected chi connectivity index (χ0v) is 39.7. The summed E-state index contributed by atoms with van der Waals surface area (Å²) in [5, 5.41) is 6.64. The fourth-order valence-corrected chi connectivity index (χ4v) is 12.4. The van der Waals surface area contributed by atoms with Crippen LogP contribution in [-0.4, -0.2) is 0 Å². The molecule has 0 N–H and O–H groups in total. The van der Waals surface area contributed by atoms with E-state index in [9.17, 15) is 0 Å². The van der Waals surface area contributed by atoms with Gasteiger partial charge in [0.05, 0.1) is 28.2 Å². The van der Waals surface area contributed by atoms with Crippen molar-refractivity contribution in [2.24, 2.45) is 0 Å². The maximum absolute atomic E-state index is 7.69. The number of hydrogen-bond acceptors (Lipinski definition) is 4. The summed E-state index contributed by atoms with van der Waals surface area (Å²) in [6, 6.07) is 99.4. The monoisotopic (exact) mass is 931 g/mol. The van der Waals surface area contributed by atoms with E-state index >= 15 is 0 Å². The molecule has 4 nitrogen and oxygen atoms in total. The second kappa shape index (κ2) is 16.2. The summed E-state index contributed by atoms with van der Waals surface area (Å²) in [6.45, 7) is 0. The highest BCUT2D eigenvalue weighted by Gasteiger charge is 2.51. The molecule has 0 radical (unpaired) electrons. The smallest absolute Gasteiger partial charge is 0.160 e. The molecular formula is C69H45N3O. The number of fused-ring (bicyclic) bond motifs is 15. The fourth-order valence-electron chi connectivity index (χ4n) is 12.4. The average molecular weight is 932 g/mol. The van der Waals surface area contributed by atoms with E-state index < -0.39 is 5.41 Å². The zero-order chi connectivity index (χ0) is 48.0. The molecule has 15 rings (SSSR count). The molecule has 1 aromatic heterocycles. The molecule has 0 saturated carbocycles. The van der Waals surface area contributed by atoms with E-state index in [-0.39, 0.29) is 0 Å². The minimum Gasteiger partial charge on any atom is -0.452 e. The van der Waals surface area contributed by atoms with Gasteiger partial charge in [-0.2, -0.15) is 0 Å². The number of hydrogen-bond donors (Lipinski definition) is 0. The Balaban J connectivity index is 1.05. The first-order valence-electron chi connectivity index (χ1n) is 25.1. The third-order valence-corrected chi connectivity index (χ3v) is 15.3. The predicted molar refractivity (Wildman–Crippen MR) is 304 cm³/mol. The topological polar surface area (TPSA) is 22.9 Å². The Morgan fingerprint density at radius 2 is 0.822 bits per heavy atom. The molecule has 0 fully saturated rings. The second-order valence-electron chi connectivity index (χ2n) is 19.2. The van der Waals surface area contributed by atoms with Gasteiger partial charge >= 0.3 is 0 Å². The van der Waals surface area contributed by atoms with Gasteiger partial charge in [-0.15, -0.1) is 0 Å². The van der Waals surface area contributed by atoms with E-state index in [1.165, 1.54) is 33.4 Å². The largest absolute Gasteiger partial charge is 0.452 e. The summed E-state index contributed by atoms with van der Waals surface area (Å²) in [7, 11) is 0. The van der Waals surface area contributed by atoms with E-state index in [4.69, 9.17) is 4.42 Å². The molecule has 0 bridgehead atoms. The summed E-state index contributed by atoms with van der Waals surface area (Å²) in [6.07, 6.45) is 0. The Hall–Kier alpha value is -9.64. The zero-order valence-electron chi connectivity index (χ0n) is 39.7. The van der Waals surface area contributed by atoms with Crippen LogP contribution in [0.15, 0.2) is 277 Å². The Bertz CT molecular complexity index is 4200. The first-order valence-corrected chi connectivity index (χ1v) is 25.1. The SMILES string of the molecule is c1ccc(N2c3ccccc3C3(c4ccccc4-c4ccccc43)c3ccc(N(c4ccccc4)c4cc5ccccc5c5c4oc4c(N(c6ccccc6)c6ccccc6)c6ccccc6cc45)cc32)cc1. The van der Waals surface area contributed by atoms with Crippen LogP contribution in [0.4, 0.5) is 51.2 Å². The van der Waals surface area contributed by atoms with Gasteiger partial charge in [0, 0.05) is 44.6 Å². The van der Waals surface area contributed by atoms with E-state index in [2.05, 4.69) is 288 Å². The van der Waals surface area contributed by atoms with Crippen molar-refractivity contribution in [1.29, 1.82) is 0 Å². The Labute approximate surface area is 423 Å². The van der Waals surface area contributed by atoms with Gasteiger partial charge in [-0.25, -0.2) is 0 Å². The van der Waals surface area contributed by atoms with Gasteiger partial charge in [0.25, 0.3) is 0 Å². The highest BCUT2D eigenvalue weighted by atomic mass is 16.3. The lowest BCUT2D eigenvalue weighted by Gasteiger charge is -2.45. The second-order valence-corrected chi connectivity index (χ2v) is 19.2. The van der Waals surface area contributed by atoms with Crippen LogP contribution >= 0.6 is 0 Å². The Morgan fingerprint density at radius 1 is 0.329 bits per heavy atom. The van der Waals surface area contributed by atoms with Crippen molar-refractivity contribution < 1.29 is 4.42 Å². The van der Waals surface area contributed by atoms with Crippen LogP contribution < -0.4 is 14.7 Å². The van der Waals surface area contributed by atoms with Crippen LogP contribution in [0.5, 0.6) is 0 Å². The highest BCUT2D eigenvalue weighted by molar-refractivity contribution is 6.28. The highest BCUT2D eigenvalue weighted by Crippen LogP contribution is 2.64. The molecule has 1 aliphatic heterocycles. The molecule has 2 heterocycles. The molecule has 0 atom stereocenters. The molecule has 0 unspecified atom stereocenters. The van der Waals surface area contributed by atoms with Gasteiger partial charge in [0.1, 0.15) is 0 Å². The van der Waals surface area contributed by atoms with Gasteiger partial charge in [-0.1, -0.05) is 194 Å². The van der Waals surface area contributed by atoms with Crippen LogP contribution in [-0.2, 0) is 5.41 Å². The lowest BCUT2D eigenvalue weighted by molar-refractivity contribution is 0.670. The molecule has 4 heteroatoms. The first-order chi connectivity index (χ1) is 36.3. The molecule has 342 valence electrons. The molecule has 12 aromatic carbocycles. The average Bonchev–Trinajstić information content (AvgIpc) is 4.00. The van der Waals surface area contributed by atoms with Crippen molar-refractivity contribution in [3.63, 3.8) is 0 Å². The van der Waals surface area contributed by atoms with E-state index in [0.717, 1.165) is 94.7 Å². The van der Waals surface area contributed by atoms with E-state index in [1.54, 1.807) is 0 Å². The van der Waals surface area contributed by atoms with Crippen molar-refractivity contribution >= 4 is 94.7 Å². The van der Waals surface area contributed by atoms with Crippen LogP contribution in [0.25, 0.3) is 54.6 Å². The van der Waals surface area contributed by atoms with Crippen LogP contribution in [0.3, 0.4) is 0 Å². The molecule has 1 spiro atoms. The number of para-hydroxylation sites is 5. The number of anilines is 9. The number of benzene rings is 12. The molecule has 0 amide bonds. The van der Waals surface area contributed by atoms with Crippen molar-refractivity contribution in [2.75, 3.05) is 14.7 Å². The molecule has 2 aliphatic rings. The van der Waals surface area contributed by atoms with Gasteiger partial charge in [0.2, 0.25) is 0 Å². The summed E-state index contributed by atoms with van der Waals surface area (Å²) < 4.78 is 7.69. The fraction of sp³-hybridized carbons (Fsp3) is 0.0145. The van der Waals surface area contributed by atoms with Crippen molar-refractivity contribution in [3.8, 4) is 11.1 Å². The lowest BCUT2D eigenvalue weighted by atomic mass is 9.64. The van der Waals surface area contributed by atoms with Gasteiger partial charge < -0.3 is 19.1 Å². The Morgan fingerprint density at radius 3 is 1.47 bits per heavy atom. The van der Waals surface area contributed by atoms with Crippen molar-refractivity contribution in [3.05, 3.63) is 295 Å². The van der Waals surface area contributed by atoms with Crippen molar-refractivity contribution in [2.45, 2.75) is 5.41 Å². The summed E-state index contributed by atoms with van der Waals surface area (Å²) in [5.74, 6) is 0. The summed E-state index contributed by atoms with van der Waals surface area (Å²) in [4.78, 5) is 7.25. The molecule has 1 aliphatic carbocycles. The molecular weight excluding hydrogens is 887 g/mol.